The molecule has 1 amide bonds. The molecule has 4 aromatic rings. The smallest absolute Gasteiger partial charge is 0.417 e. The summed E-state index contributed by atoms with van der Waals surface area (Å²) in [6.45, 7) is 2.51. The molecule has 0 bridgehead atoms. The molecule has 0 saturated heterocycles. The van der Waals surface area contributed by atoms with Crippen molar-refractivity contribution in [3.63, 3.8) is 0 Å². The Morgan fingerprint density at radius 2 is 2.00 bits per heavy atom. The predicted octanol–water partition coefficient (Wildman–Crippen LogP) is 5.12. The van der Waals surface area contributed by atoms with Gasteiger partial charge < -0.3 is 23.8 Å². The predicted molar refractivity (Wildman–Crippen MR) is 113 cm³/mol. The first-order chi connectivity index (χ1) is 16.9. The maximum absolute atomic E-state index is 13.7. The Labute approximate surface area is 199 Å². The molecule has 2 N–H and O–H groups in total. The van der Waals surface area contributed by atoms with E-state index in [1.807, 2.05) is 0 Å². The van der Waals surface area contributed by atoms with Gasteiger partial charge in [0.25, 0.3) is 12.3 Å². The number of halogens is 5. The van der Waals surface area contributed by atoms with E-state index in [0.29, 0.717) is 11.4 Å². The monoisotopic (exact) mass is 510 g/mol. The number of imidazole rings is 1. The van der Waals surface area contributed by atoms with Gasteiger partial charge in [-0.2, -0.15) is 13.2 Å². The Morgan fingerprint density at radius 3 is 2.67 bits per heavy atom. The molecule has 36 heavy (non-hydrogen) atoms. The second kappa shape index (κ2) is 8.15. The molecule has 190 valence electrons. The van der Waals surface area contributed by atoms with Crippen LogP contribution in [-0.4, -0.2) is 37.4 Å². The number of aromatic amines is 1. The van der Waals surface area contributed by atoms with E-state index in [1.165, 1.54) is 38.4 Å². The van der Waals surface area contributed by atoms with Gasteiger partial charge in [0.2, 0.25) is 11.7 Å². The first-order valence-electron chi connectivity index (χ1n) is 10.8. The molecule has 0 aliphatic carbocycles. The van der Waals surface area contributed by atoms with E-state index in [-0.39, 0.29) is 29.7 Å². The number of aliphatic hydroxyl groups is 1. The first kappa shape index (κ1) is 24.0. The van der Waals surface area contributed by atoms with Crippen molar-refractivity contribution in [2.24, 2.45) is 0 Å². The highest BCUT2D eigenvalue weighted by Crippen LogP contribution is 2.41. The number of hydrogen-bond donors (Lipinski definition) is 2. The van der Waals surface area contributed by atoms with Gasteiger partial charge in [0, 0.05) is 24.0 Å². The molecule has 0 fully saturated rings. The lowest BCUT2D eigenvalue weighted by atomic mass is 9.99. The maximum Gasteiger partial charge on any atom is 0.417 e. The highest BCUT2D eigenvalue weighted by Gasteiger charge is 2.42. The number of rotatable bonds is 4. The number of carbonyl (C=O) groups excluding carboxylic acids is 1. The number of nitrogens with zero attached hydrogens (tertiary/aromatic N) is 3. The number of H-pyrrole nitrogens is 1. The minimum absolute atomic E-state index is 0.0108. The Morgan fingerprint density at radius 1 is 1.25 bits per heavy atom. The molecule has 1 aromatic carbocycles. The van der Waals surface area contributed by atoms with Gasteiger partial charge in [-0.05, 0) is 32.0 Å². The van der Waals surface area contributed by atoms with E-state index in [2.05, 4.69) is 15.0 Å². The van der Waals surface area contributed by atoms with E-state index in [0.717, 1.165) is 11.0 Å². The van der Waals surface area contributed by atoms with Crippen LogP contribution >= 0.6 is 0 Å². The summed E-state index contributed by atoms with van der Waals surface area (Å²) in [5.74, 6) is -2.29. The largest absolute Gasteiger partial charge is 0.458 e. The van der Waals surface area contributed by atoms with E-state index in [1.54, 1.807) is 0 Å². The second-order valence-corrected chi connectivity index (χ2v) is 8.87. The third kappa shape index (κ3) is 3.92. The van der Waals surface area contributed by atoms with Crippen molar-refractivity contribution in [1.82, 2.24) is 19.9 Å². The fourth-order valence-corrected chi connectivity index (χ4v) is 4.27. The fraction of sp³-hybridized carbons (Fsp3) is 0.348. The maximum atomic E-state index is 13.7. The van der Waals surface area contributed by atoms with E-state index in [4.69, 9.17) is 8.83 Å². The van der Waals surface area contributed by atoms with Crippen molar-refractivity contribution in [3.05, 3.63) is 70.6 Å². The molecule has 8 nitrogen and oxygen atoms in total. The molecular weight excluding hydrogens is 491 g/mol. The lowest BCUT2D eigenvalue weighted by molar-refractivity contribution is -0.136. The molecule has 0 saturated carbocycles. The molecule has 1 aliphatic rings. The highest BCUT2D eigenvalue weighted by molar-refractivity contribution is 5.93. The van der Waals surface area contributed by atoms with Crippen LogP contribution in [0, 0.1) is 0 Å². The average molecular weight is 510 g/mol. The molecular formula is C23H19F5N4O4. The summed E-state index contributed by atoms with van der Waals surface area (Å²) < 4.78 is 79.2. The number of oxazole rings is 1. The zero-order valence-electron chi connectivity index (χ0n) is 18.9. The summed E-state index contributed by atoms with van der Waals surface area (Å²) in [4.78, 5) is 25.4. The first-order valence-corrected chi connectivity index (χ1v) is 10.8. The third-order valence-electron chi connectivity index (χ3n) is 5.92. The number of fused-ring (bicyclic) bond motifs is 2. The summed E-state index contributed by atoms with van der Waals surface area (Å²) in [6, 6.07) is 3.50. The quantitative estimate of drug-likeness (QED) is 0.369. The third-order valence-corrected chi connectivity index (χ3v) is 5.92. The Bertz CT molecular complexity index is 1450. The van der Waals surface area contributed by atoms with Gasteiger partial charge >= 0.3 is 6.18 Å². The number of alkyl halides is 5. The highest BCUT2D eigenvalue weighted by atomic mass is 19.4. The zero-order valence-corrected chi connectivity index (χ0v) is 18.9. The molecule has 5 rings (SSSR count). The van der Waals surface area contributed by atoms with E-state index < -0.39 is 53.1 Å². The standard InChI is InChI=1S/C23H19F5N4O4/c1-22(2,34)21-31-16(19(24)25)18(36-21)20(33)32-7-6-12-15(30-9-29-12)17(32)14-8-10-11(23(26,27)28)4-3-5-13(10)35-14/h3-5,8-9,17,19,34H,6-7H2,1-2H3,(H,29,30)/t17-/m1/s1. The van der Waals surface area contributed by atoms with Gasteiger partial charge in [0.05, 0.1) is 17.6 Å². The summed E-state index contributed by atoms with van der Waals surface area (Å²) in [7, 11) is 0. The molecule has 0 spiro atoms. The summed E-state index contributed by atoms with van der Waals surface area (Å²) in [6.07, 6.45) is -6.21. The lowest BCUT2D eigenvalue weighted by Gasteiger charge is -2.33. The van der Waals surface area contributed by atoms with Crippen molar-refractivity contribution in [2.45, 2.75) is 44.5 Å². The van der Waals surface area contributed by atoms with Gasteiger partial charge in [0.1, 0.15) is 23.0 Å². The van der Waals surface area contributed by atoms with Crippen LogP contribution in [0.3, 0.4) is 0 Å². The van der Waals surface area contributed by atoms with Crippen LogP contribution in [-0.2, 0) is 18.2 Å². The summed E-state index contributed by atoms with van der Waals surface area (Å²) in [5, 5.41) is 9.94. The Kier molecular flexibility index (Phi) is 5.43. The van der Waals surface area contributed by atoms with Crippen LogP contribution in [0.1, 0.15) is 71.2 Å². The van der Waals surface area contributed by atoms with E-state index >= 15 is 0 Å². The van der Waals surface area contributed by atoms with Crippen molar-refractivity contribution < 1.29 is 40.7 Å². The van der Waals surface area contributed by atoms with Crippen LogP contribution in [0.4, 0.5) is 22.0 Å². The number of furan rings is 1. The number of amides is 1. The van der Waals surface area contributed by atoms with Crippen LogP contribution in [0.2, 0.25) is 0 Å². The number of hydrogen-bond acceptors (Lipinski definition) is 6. The topological polar surface area (TPSA) is 108 Å². The molecule has 1 aliphatic heterocycles. The molecule has 3 aromatic heterocycles. The van der Waals surface area contributed by atoms with Gasteiger partial charge in [-0.25, -0.2) is 18.7 Å². The number of aromatic nitrogens is 3. The summed E-state index contributed by atoms with van der Waals surface area (Å²) >= 11 is 0. The number of nitrogens with one attached hydrogen (secondary N) is 1. The van der Waals surface area contributed by atoms with Gasteiger partial charge in [-0.15, -0.1) is 0 Å². The van der Waals surface area contributed by atoms with Crippen molar-refractivity contribution in [2.75, 3.05) is 6.54 Å². The minimum Gasteiger partial charge on any atom is -0.458 e. The van der Waals surface area contributed by atoms with Crippen LogP contribution in [0.5, 0.6) is 0 Å². The van der Waals surface area contributed by atoms with Crippen LogP contribution in [0.15, 0.2) is 39.4 Å². The second-order valence-electron chi connectivity index (χ2n) is 8.87. The number of carbonyl (C=O) groups is 1. The average Bonchev–Trinajstić information content (AvgIpc) is 3.53. The molecule has 4 heterocycles. The zero-order chi connectivity index (χ0) is 26.0. The van der Waals surface area contributed by atoms with Gasteiger partial charge in [0.15, 0.2) is 5.69 Å². The Hall–Kier alpha value is -3.74. The SMILES string of the molecule is CC(C)(O)c1nc(C(F)F)c(C(=O)N2CCc3[nH]cnc3[C@H]2c2cc3c(C(F)(F)F)cccc3o2)o1. The van der Waals surface area contributed by atoms with Crippen molar-refractivity contribution in [1.29, 1.82) is 0 Å². The van der Waals surface area contributed by atoms with Crippen LogP contribution < -0.4 is 0 Å². The normalized spacial score (nSPS) is 16.7. The molecule has 0 radical (unpaired) electrons. The molecule has 0 unspecified atom stereocenters. The Balaban J connectivity index is 1.64. The fourth-order valence-electron chi connectivity index (χ4n) is 4.27. The van der Waals surface area contributed by atoms with Gasteiger partial charge in [-0.1, -0.05) is 6.07 Å². The number of benzene rings is 1. The van der Waals surface area contributed by atoms with Gasteiger partial charge in [-0.3, -0.25) is 4.79 Å². The van der Waals surface area contributed by atoms with E-state index in [9.17, 15) is 31.9 Å². The van der Waals surface area contributed by atoms with Crippen molar-refractivity contribution >= 4 is 16.9 Å². The van der Waals surface area contributed by atoms with Crippen LogP contribution in [0.25, 0.3) is 11.0 Å². The van der Waals surface area contributed by atoms with Crippen molar-refractivity contribution in [3.8, 4) is 0 Å². The lowest BCUT2D eigenvalue weighted by Crippen LogP contribution is -2.40. The molecule has 1 atom stereocenters. The molecule has 13 heteroatoms. The minimum atomic E-state index is -4.65. The summed E-state index contributed by atoms with van der Waals surface area (Å²) in [5.41, 5.74) is -2.77.